The highest BCUT2D eigenvalue weighted by Gasteiger charge is 2.12. The Hall–Kier alpha value is -1.29. The van der Waals surface area contributed by atoms with Crippen LogP contribution in [0.4, 0.5) is 8.78 Å². The molecule has 1 aromatic rings. The van der Waals surface area contributed by atoms with E-state index in [1.807, 2.05) is 13.8 Å². The van der Waals surface area contributed by atoms with Crippen LogP contribution in [0.1, 0.15) is 30.6 Å². The first-order valence-corrected chi connectivity index (χ1v) is 5.26. The summed E-state index contributed by atoms with van der Waals surface area (Å²) in [5.74, 6) is -1.85. The molecule has 0 spiro atoms. The molecule has 1 atom stereocenters. The number of Topliss-reactive ketones (excluding diaryl/α,β-unsaturated/α-hetero) is 1. The summed E-state index contributed by atoms with van der Waals surface area (Å²) in [5.41, 5.74) is -0.0720. The average molecular weight is 227 g/mol. The molecule has 0 aliphatic heterocycles. The Morgan fingerprint density at radius 3 is 2.69 bits per heavy atom. The smallest absolute Gasteiger partial charge is 0.179 e. The van der Waals surface area contributed by atoms with E-state index in [-0.39, 0.29) is 23.9 Å². The van der Waals surface area contributed by atoms with Gasteiger partial charge < -0.3 is 5.32 Å². The molecule has 1 unspecified atom stereocenters. The van der Waals surface area contributed by atoms with Crippen LogP contribution in [0.5, 0.6) is 0 Å². The van der Waals surface area contributed by atoms with E-state index in [4.69, 9.17) is 0 Å². The minimum absolute atomic E-state index is 0.0670. The van der Waals surface area contributed by atoms with Crippen molar-refractivity contribution in [2.45, 2.75) is 26.3 Å². The standard InChI is InChI=1S/C12H15F2NO/c1-3-8(2)15-7-12(16)10-5-4-9(13)6-11(10)14/h4-6,8,15H,3,7H2,1-2H3. The van der Waals surface area contributed by atoms with Crippen molar-refractivity contribution in [1.29, 1.82) is 0 Å². The van der Waals surface area contributed by atoms with E-state index in [1.165, 1.54) is 6.07 Å². The van der Waals surface area contributed by atoms with Crippen LogP contribution in [0.2, 0.25) is 0 Å². The van der Waals surface area contributed by atoms with Crippen LogP contribution in [0.25, 0.3) is 0 Å². The summed E-state index contributed by atoms with van der Waals surface area (Å²) in [4.78, 5) is 11.6. The lowest BCUT2D eigenvalue weighted by atomic mass is 10.1. The van der Waals surface area contributed by atoms with Crippen molar-refractivity contribution in [2.75, 3.05) is 6.54 Å². The molecule has 0 fully saturated rings. The van der Waals surface area contributed by atoms with Gasteiger partial charge in [-0.25, -0.2) is 8.78 Å². The summed E-state index contributed by atoms with van der Waals surface area (Å²) in [5, 5.41) is 2.96. The van der Waals surface area contributed by atoms with Crippen molar-refractivity contribution in [1.82, 2.24) is 5.32 Å². The second kappa shape index (κ2) is 5.70. The second-order valence-electron chi connectivity index (χ2n) is 3.74. The van der Waals surface area contributed by atoms with Crippen molar-refractivity contribution < 1.29 is 13.6 Å². The van der Waals surface area contributed by atoms with Gasteiger partial charge in [-0.1, -0.05) is 6.92 Å². The minimum atomic E-state index is -0.809. The highest BCUT2D eigenvalue weighted by atomic mass is 19.1. The number of hydrogen-bond acceptors (Lipinski definition) is 2. The highest BCUT2D eigenvalue weighted by Crippen LogP contribution is 2.09. The fourth-order valence-electron chi connectivity index (χ4n) is 1.22. The lowest BCUT2D eigenvalue weighted by Crippen LogP contribution is -2.31. The number of halogens is 2. The maximum Gasteiger partial charge on any atom is 0.179 e. The van der Waals surface area contributed by atoms with Crippen LogP contribution < -0.4 is 5.32 Å². The topological polar surface area (TPSA) is 29.1 Å². The first kappa shape index (κ1) is 12.8. The van der Waals surface area contributed by atoms with Gasteiger partial charge in [0.15, 0.2) is 5.78 Å². The number of hydrogen-bond donors (Lipinski definition) is 1. The summed E-state index contributed by atoms with van der Waals surface area (Å²) in [6.45, 7) is 3.99. The Bertz CT molecular complexity index is 379. The summed E-state index contributed by atoms with van der Waals surface area (Å²) in [6, 6.07) is 3.17. The molecule has 4 heteroatoms. The molecule has 0 aliphatic rings. The molecule has 16 heavy (non-hydrogen) atoms. The number of carbonyl (C=O) groups excluding carboxylic acids is 1. The first-order valence-electron chi connectivity index (χ1n) is 5.26. The first-order chi connectivity index (χ1) is 7.54. The summed E-state index contributed by atoms with van der Waals surface area (Å²) in [6.07, 6.45) is 0.888. The van der Waals surface area contributed by atoms with Gasteiger partial charge in [-0.3, -0.25) is 4.79 Å². The molecule has 0 radical (unpaired) electrons. The van der Waals surface area contributed by atoms with E-state index >= 15 is 0 Å². The van der Waals surface area contributed by atoms with E-state index in [0.29, 0.717) is 0 Å². The molecule has 0 aromatic heterocycles. The van der Waals surface area contributed by atoms with Crippen LogP contribution in [0.3, 0.4) is 0 Å². The predicted molar refractivity (Wildman–Crippen MR) is 58.4 cm³/mol. The van der Waals surface area contributed by atoms with Gasteiger partial charge in [0.1, 0.15) is 11.6 Å². The maximum atomic E-state index is 13.2. The molecule has 0 aliphatic carbocycles. The van der Waals surface area contributed by atoms with Crippen LogP contribution >= 0.6 is 0 Å². The lowest BCUT2D eigenvalue weighted by molar-refractivity contribution is 0.0983. The Morgan fingerprint density at radius 2 is 2.12 bits per heavy atom. The normalized spacial score (nSPS) is 12.5. The third-order valence-corrected chi connectivity index (χ3v) is 2.45. The van der Waals surface area contributed by atoms with Gasteiger partial charge >= 0.3 is 0 Å². The SMILES string of the molecule is CCC(C)NCC(=O)c1ccc(F)cc1F. The van der Waals surface area contributed by atoms with E-state index < -0.39 is 11.6 Å². The van der Waals surface area contributed by atoms with Crippen molar-refractivity contribution in [3.63, 3.8) is 0 Å². The number of carbonyl (C=O) groups is 1. The van der Waals surface area contributed by atoms with Gasteiger partial charge in [-0.15, -0.1) is 0 Å². The van der Waals surface area contributed by atoms with Crippen molar-refractivity contribution in [3.8, 4) is 0 Å². The van der Waals surface area contributed by atoms with E-state index in [1.54, 1.807) is 0 Å². The number of nitrogens with one attached hydrogen (secondary N) is 1. The van der Waals surface area contributed by atoms with E-state index in [9.17, 15) is 13.6 Å². The van der Waals surface area contributed by atoms with Gasteiger partial charge in [0.2, 0.25) is 0 Å². The van der Waals surface area contributed by atoms with Crippen LogP contribution in [-0.4, -0.2) is 18.4 Å². The molecular formula is C12H15F2NO. The molecule has 1 rings (SSSR count). The average Bonchev–Trinajstić information content (AvgIpc) is 2.25. The van der Waals surface area contributed by atoms with Crippen molar-refractivity contribution in [2.24, 2.45) is 0 Å². The van der Waals surface area contributed by atoms with Crippen LogP contribution in [0, 0.1) is 11.6 Å². The summed E-state index contributed by atoms with van der Waals surface area (Å²) < 4.78 is 25.8. The molecule has 0 saturated carbocycles. The second-order valence-corrected chi connectivity index (χ2v) is 3.74. The van der Waals surface area contributed by atoms with Crippen molar-refractivity contribution >= 4 is 5.78 Å². The van der Waals surface area contributed by atoms with Gasteiger partial charge in [0, 0.05) is 12.1 Å². The zero-order valence-electron chi connectivity index (χ0n) is 9.39. The molecule has 88 valence electrons. The number of rotatable bonds is 5. The maximum absolute atomic E-state index is 13.2. The minimum Gasteiger partial charge on any atom is -0.307 e. The third-order valence-electron chi connectivity index (χ3n) is 2.45. The molecule has 1 aromatic carbocycles. The fraction of sp³-hybridized carbons (Fsp3) is 0.417. The molecular weight excluding hydrogens is 212 g/mol. The van der Waals surface area contributed by atoms with Crippen molar-refractivity contribution in [3.05, 3.63) is 35.4 Å². The largest absolute Gasteiger partial charge is 0.307 e. The molecule has 0 amide bonds. The summed E-state index contributed by atoms with van der Waals surface area (Å²) >= 11 is 0. The fourth-order valence-corrected chi connectivity index (χ4v) is 1.22. The molecule has 0 heterocycles. The van der Waals surface area contributed by atoms with Crippen LogP contribution in [0.15, 0.2) is 18.2 Å². The van der Waals surface area contributed by atoms with Gasteiger partial charge in [0.25, 0.3) is 0 Å². The quantitative estimate of drug-likeness (QED) is 0.783. The zero-order chi connectivity index (χ0) is 12.1. The molecule has 0 bridgehead atoms. The molecule has 1 N–H and O–H groups in total. The number of benzene rings is 1. The highest BCUT2D eigenvalue weighted by molar-refractivity contribution is 5.97. The predicted octanol–water partition coefficient (Wildman–Crippen LogP) is 2.54. The van der Waals surface area contributed by atoms with Crippen LogP contribution in [-0.2, 0) is 0 Å². The molecule has 2 nitrogen and oxygen atoms in total. The lowest BCUT2D eigenvalue weighted by Gasteiger charge is -2.10. The monoisotopic (exact) mass is 227 g/mol. The van der Waals surface area contributed by atoms with Gasteiger partial charge in [-0.2, -0.15) is 0 Å². The summed E-state index contributed by atoms with van der Waals surface area (Å²) in [7, 11) is 0. The Morgan fingerprint density at radius 1 is 1.44 bits per heavy atom. The van der Waals surface area contributed by atoms with Gasteiger partial charge in [0.05, 0.1) is 12.1 Å². The van der Waals surface area contributed by atoms with E-state index in [0.717, 1.165) is 18.6 Å². The molecule has 0 saturated heterocycles. The van der Waals surface area contributed by atoms with E-state index in [2.05, 4.69) is 5.32 Å². The van der Waals surface area contributed by atoms with Gasteiger partial charge in [-0.05, 0) is 25.5 Å². The Balaban J connectivity index is 2.66. The third kappa shape index (κ3) is 3.38. The number of ketones is 1. The Kier molecular flexibility index (Phi) is 4.55. The Labute approximate surface area is 93.7 Å². The zero-order valence-corrected chi connectivity index (χ0v) is 9.39.